The fraction of sp³-hybridized carbons (Fsp3) is 0.833. The van der Waals surface area contributed by atoms with Crippen LogP contribution in [0.25, 0.3) is 0 Å². The van der Waals surface area contributed by atoms with Gasteiger partial charge >= 0.3 is 5.97 Å². The molecule has 0 saturated heterocycles. The van der Waals surface area contributed by atoms with Crippen LogP contribution < -0.4 is 11.1 Å². The number of nitrogens with two attached hydrogens (primary N) is 1. The predicted octanol–water partition coefficient (Wildman–Crippen LogP) is -0.602. The predicted molar refractivity (Wildman–Crippen MR) is 38.8 cm³/mol. The molecule has 0 aromatic heterocycles. The Kier molecular flexibility index (Phi) is 4.88. The second-order valence-electron chi connectivity index (χ2n) is 2.11. The molecule has 0 aliphatic carbocycles. The molecule has 0 unspecified atom stereocenters. The number of carboxylic acids is 1. The van der Waals surface area contributed by atoms with E-state index in [2.05, 4.69) is 5.32 Å². The van der Waals surface area contributed by atoms with Crippen molar-refractivity contribution in [2.24, 2.45) is 5.73 Å². The Hall–Kier alpha value is -0.610. The highest BCUT2D eigenvalue weighted by atomic mass is 16.4. The van der Waals surface area contributed by atoms with Gasteiger partial charge in [0.1, 0.15) is 6.04 Å². The van der Waals surface area contributed by atoms with Gasteiger partial charge in [0.2, 0.25) is 0 Å². The van der Waals surface area contributed by atoms with Gasteiger partial charge < -0.3 is 16.2 Å². The molecule has 0 bridgehead atoms. The van der Waals surface area contributed by atoms with E-state index in [4.69, 9.17) is 10.8 Å². The highest BCUT2D eigenvalue weighted by molar-refractivity contribution is 5.73. The van der Waals surface area contributed by atoms with Gasteiger partial charge in [0.15, 0.2) is 0 Å². The SMILES string of the molecule is CN[C@H](CCCN)C(=O)O. The van der Waals surface area contributed by atoms with Crippen molar-refractivity contribution in [1.29, 1.82) is 0 Å². The number of aliphatic carboxylic acids is 1. The van der Waals surface area contributed by atoms with E-state index >= 15 is 0 Å². The summed E-state index contributed by atoms with van der Waals surface area (Å²) in [5.74, 6) is -0.809. The molecule has 60 valence electrons. The molecule has 4 N–H and O–H groups in total. The summed E-state index contributed by atoms with van der Waals surface area (Å²) in [6.45, 7) is 0.547. The molecule has 0 saturated carbocycles. The molecule has 0 heterocycles. The van der Waals surface area contributed by atoms with Gasteiger partial charge in [-0.05, 0) is 26.4 Å². The number of carbonyl (C=O) groups is 1. The van der Waals surface area contributed by atoms with E-state index in [1.165, 1.54) is 0 Å². The molecule has 0 aliphatic heterocycles. The van der Waals surface area contributed by atoms with E-state index in [-0.39, 0.29) is 0 Å². The van der Waals surface area contributed by atoms with Crippen LogP contribution in [0.4, 0.5) is 0 Å². The van der Waals surface area contributed by atoms with Crippen LogP contribution in [-0.2, 0) is 4.79 Å². The van der Waals surface area contributed by atoms with Crippen molar-refractivity contribution in [1.82, 2.24) is 5.32 Å². The quantitative estimate of drug-likeness (QED) is 0.484. The molecule has 4 nitrogen and oxygen atoms in total. The number of nitrogens with one attached hydrogen (secondary N) is 1. The summed E-state index contributed by atoms with van der Waals surface area (Å²) < 4.78 is 0. The Morgan fingerprint density at radius 2 is 2.40 bits per heavy atom. The lowest BCUT2D eigenvalue weighted by atomic mass is 10.1. The van der Waals surface area contributed by atoms with Crippen LogP contribution in [0.3, 0.4) is 0 Å². The lowest BCUT2D eigenvalue weighted by Gasteiger charge is -2.08. The summed E-state index contributed by atoms with van der Waals surface area (Å²) in [4.78, 5) is 10.3. The van der Waals surface area contributed by atoms with E-state index < -0.39 is 12.0 Å². The van der Waals surface area contributed by atoms with Crippen LogP contribution in [0, 0.1) is 0 Å². The lowest BCUT2D eigenvalue weighted by molar-refractivity contribution is -0.139. The molecule has 0 fully saturated rings. The van der Waals surface area contributed by atoms with E-state index in [0.29, 0.717) is 13.0 Å². The molecule has 0 radical (unpaired) electrons. The van der Waals surface area contributed by atoms with Crippen molar-refractivity contribution in [2.45, 2.75) is 18.9 Å². The third-order valence-corrected chi connectivity index (χ3v) is 1.34. The molecule has 0 spiro atoms. The highest BCUT2D eigenvalue weighted by Gasteiger charge is 2.12. The first-order valence-corrected chi connectivity index (χ1v) is 3.32. The molecule has 4 heteroatoms. The number of hydrogen-bond donors (Lipinski definition) is 3. The first kappa shape index (κ1) is 9.39. The van der Waals surface area contributed by atoms with Crippen molar-refractivity contribution >= 4 is 5.97 Å². The number of rotatable bonds is 5. The average Bonchev–Trinajstić information content (AvgIpc) is 1.89. The van der Waals surface area contributed by atoms with Gasteiger partial charge in [0.25, 0.3) is 0 Å². The van der Waals surface area contributed by atoms with Gasteiger partial charge in [-0.1, -0.05) is 0 Å². The van der Waals surface area contributed by atoms with Crippen molar-refractivity contribution in [2.75, 3.05) is 13.6 Å². The molecule has 1 atom stereocenters. The van der Waals surface area contributed by atoms with Gasteiger partial charge in [-0.3, -0.25) is 4.79 Å². The molecule has 0 amide bonds. The van der Waals surface area contributed by atoms with Crippen molar-refractivity contribution in [3.05, 3.63) is 0 Å². The van der Waals surface area contributed by atoms with E-state index in [1.54, 1.807) is 7.05 Å². The van der Waals surface area contributed by atoms with E-state index in [1.807, 2.05) is 0 Å². The molecule has 0 aliphatic rings. The Bertz CT molecular complexity index is 106. The third-order valence-electron chi connectivity index (χ3n) is 1.34. The molecule has 10 heavy (non-hydrogen) atoms. The maximum absolute atomic E-state index is 10.3. The largest absolute Gasteiger partial charge is 0.480 e. The summed E-state index contributed by atoms with van der Waals surface area (Å²) in [6.07, 6.45) is 1.35. The smallest absolute Gasteiger partial charge is 0.320 e. The summed E-state index contributed by atoms with van der Waals surface area (Å²) in [5, 5.41) is 11.2. The zero-order valence-corrected chi connectivity index (χ0v) is 6.13. The molecular formula is C6H14N2O2. The maximum atomic E-state index is 10.3. The number of carboxylic acid groups (broad SMARTS) is 1. The number of hydrogen-bond acceptors (Lipinski definition) is 3. The van der Waals surface area contributed by atoms with Gasteiger partial charge in [0.05, 0.1) is 0 Å². The average molecular weight is 146 g/mol. The first-order chi connectivity index (χ1) is 4.72. The first-order valence-electron chi connectivity index (χ1n) is 3.32. The minimum Gasteiger partial charge on any atom is -0.480 e. The minimum absolute atomic E-state index is 0.441. The molecule has 0 aromatic rings. The van der Waals surface area contributed by atoms with Crippen molar-refractivity contribution < 1.29 is 9.90 Å². The van der Waals surface area contributed by atoms with Crippen molar-refractivity contribution in [3.8, 4) is 0 Å². The topological polar surface area (TPSA) is 75.3 Å². The zero-order valence-electron chi connectivity index (χ0n) is 6.13. The van der Waals surface area contributed by atoms with Gasteiger partial charge in [0, 0.05) is 0 Å². The Morgan fingerprint density at radius 3 is 2.70 bits per heavy atom. The van der Waals surface area contributed by atoms with E-state index in [0.717, 1.165) is 6.42 Å². The van der Waals surface area contributed by atoms with Crippen LogP contribution >= 0.6 is 0 Å². The monoisotopic (exact) mass is 146 g/mol. The van der Waals surface area contributed by atoms with Crippen LogP contribution in [0.1, 0.15) is 12.8 Å². The van der Waals surface area contributed by atoms with Crippen LogP contribution in [0.5, 0.6) is 0 Å². The van der Waals surface area contributed by atoms with E-state index in [9.17, 15) is 4.79 Å². The number of likely N-dealkylation sites (N-methyl/N-ethyl adjacent to an activating group) is 1. The zero-order chi connectivity index (χ0) is 7.98. The third kappa shape index (κ3) is 3.42. The second kappa shape index (κ2) is 5.20. The highest BCUT2D eigenvalue weighted by Crippen LogP contribution is 1.94. The van der Waals surface area contributed by atoms with Gasteiger partial charge in [-0.15, -0.1) is 0 Å². The Morgan fingerprint density at radius 1 is 1.80 bits per heavy atom. The Balaban J connectivity index is 3.50. The van der Waals surface area contributed by atoms with Gasteiger partial charge in [-0.2, -0.15) is 0 Å². The normalized spacial score (nSPS) is 13.0. The summed E-state index contributed by atoms with van der Waals surface area (Å²) in [6, 6.07) is -0.441. The Labute approximate surface area is 60.4 Å². The van der Waals surface area contributed by atoms with Crippen LogP contribution in [-0.4, -0.2) is 30.7 Å². The van der Waals surface area contributed by atoms with Crippen LogP contribution in [0.2, 0.25) is 0 Å². The molecular weight excluding hydrogens is 132 g/mol. The molecule has 0 rings (SSSR count). The minimum atomic E-state index is -0.809. The summed E-state index contributed by atoms with van der Waals surface area (Å²) in [5.41, 5.74) is 5.21. The van der Waals surface area contributed by atoms with Crippen molar-refractivity contribution in [3.63, 3.8) is 0 Å². The summed E-state index contributed by atoms with van der Waals surface area (Å²) >= 11 is 0. The fourth-order valence-corrected chi connectivity index (χ4v) is 0.713. The fourth-order valence-electron chi connectivity index (χ4n) is 0.713. The second-order valence-corrected chi connectivity index (χ2v) is 2.11. The van der Waals surface area contributed by atoms with Gasteiger partial charge in [-0.25, -0.2) is 0 Å². The maximum Gasteiger partial charge on any atom is 0.320 e. The lowest BCUT2D eigenvalue weighted by Crippen LogP contribution is -2.34. The summed E-state index contributed by atoms with van der Waals surface area (Å²) in [7, 11) is 1.63. The molecule has 0 aromatic carbocycles. The standard InChI is InChI=1S/C6H14N2O2/c1-8-5(6(9)10)3-2-4-7/h5,8H,2-4,7H2,1H3,(H,9,10)/t5-/m1/s1. The van der Waals surface area contributed by atoms with Crippen LogP contribution in [0.15, 0.2) is 0 Å².